The molecule has 0 spiro atoms. The molecule has 0 aliphatic carbocycles. The Balaban J connectivity index is 3.79. The minimum Gasteiger partial charge on any atom is -0.396 e. The van der Waals surface area contributed by atoms with Crippen molar-refractivity contribution in [3.8, 4) is 11.8 Å². The van der Waals surface area contributed by atoms with Crippen molar-refractivity contribution >= 4 is 0 Å². The quantitative estimate of drug-likeness (QED) is 0.152. The van der Waals surface area contributed by atoms with Crippen LogP contribution >= 0.6 is 0 Å². The van der Waals surface area contributed by atoms with Crippen LogP contribution < -0.4 is 0 Å². The van der Waals surface area contributed by atoms with Gasteiger partial charge in [-0.05, 0) is 38.5 Å². The van der Waals surface area contributed by atoms with Crippen molar-refractivity contribution in [2.75, 3.05) is 19.8 Å². The molecule has 0 aromatic rings. The normalized spacial score (nSPS) is 12.0. The molecule has 1 unspecified atom stereocenters. The Morgan fingerprint density at radius 2 is 1.14 bits per heavy atom. The smallest absolute Gasteiger partial charge is 0.118 e. The Bertz CT molecular complexity index is 359. The van der Waals surface area contributed by atoms with E-state index in [0.717, 1.165) is 64.4 Å². The molecule has 0 radical (unpaired) electrons. The Kier molecular flexibility index (Phi) is 25.0. The highest BCUT2D eigenvalue weighted by Crippen LogP contribution is 2.12. The van der Waals surface area contributed by atoms with E-state index in [0.29, 0.717) is 6.61 Å². The van der Waals surface area contributed by atoms with Crippen LogP contribution in [0.2, 0.25) is 0 Å². The van der Waals surface area contributed by atoms with Gasteiger partial charge in [0.15, 0.2) is 0 Å². The first kappa shape index (κ1) is 28.4. The predicted octanol–water partition coefficient (Wildman–Crippen LogP) is 6.79. The maximum atomic E-state index is 8.92. The molecule has 29 heavy (non-hydrogen) atoms. The lowest BCUT2D eigenvalue weighted by Crippen LogP contribution is -2.12. The molecular formula is C26H50O3. The minimum absolute atomic E-state index is 0.0506. The van der Waals surface area contributed by atoms with Gasteiger partial charge in [-0.3, -0.25) is 0 Å². The maximum absolute atomic E-state index is 8.92. The second-order valence-electron chi connectivity index (χ2n) is 8.32. The summed E-state index contributed by atoms with van der Waals surface area (Å²) in [5.74, 6) is 6.71. The van der Waals surface area contributed by atoms with Crippen molar-refractivity contribution in [3.05, 3.63) is 0 Å². The average molecular weight is 411 g/mol. The zero-order valence-electron chi connectivity index (χ0n) is 19.4. The topological polar surface area (TPSA) is 49.7 Å². The van der Waals surface area contributed by atoms with Gasteiger partial charge in [-0.15, -0.1) is 5.92 Å². The minimum atomic E-state index is 0.0506. The Morgan fingerprint density at radius 1 is 0.621 bits per heavy atom. The van der Waals surface area contributed by atoms with Gasteiger partial charge >= 0.3 is 0 Å². The van der Waals surface area contributed by atoms with Crippen LogP contribution in [0.5, 0.6) is 0 Å². The summed E-state index contributed by atoms with van der Waals surface area (Å²) in [5, 5.41) is 17.8. The van der Waals surface area contributed by atoms with E-state index in [4.69, 9.17) is 14.9 Å². The fourth-order valence-corrected chi connectivity index (χ4v) is 3.50. The van der Waals surface area contributed by atoms with Crippen molar-refractivity contribution in [3.63, 3.8) is 0 Å². The van der Waals surface area contributed by atoms with Crippen LogP contribution in [-0.4, -0.2) is 36.1 Å². The third-order valence-electron chi connectivity index (χ3n) is 5.41. The molecule has 1 atom stereocenters. The number of hydrogen-bond acceptors (Lipinski definition) is 3. The van der Waals surface area contributed by atoms with Gasteiger partial charge in [-0.2, -0.15) is 0 Å². The summed E-state index contributed by atoms with van der Waals surface area (Å²) in [4.78, 5) is 0. The molecular weight excluding hydrogens is 360 g/mol. The lowest BCUT2D eigenvalue weighted by molar-refractivity contribution is 0.0800. The molecule has 0 aliphatic rings. The highest BCUT2D eigenvalue weighted by molar-refractivity contribution is 5.05. The summed E-state index contributed by atoms with van der Waals surface area (Å²) in [6.07, 6.45) is 22.8. The SMILES string of the molecule is CCCCCCCCCCCCC#CC(CCCCCO)OCCCCCCO. The third-order valence-corrected chi connectivity index (χ3v) is 5.41. The highest BCUT2D eigenvalue weighted by Gasteiger charge is 2.05. The maximum Gasteiger partial charge on any atom is 0.118 e. The van der Waals surface area contributed by atoms with Gasteiger partial charge in [0.2, 0.25) is 0 Å². The molecule has 3 nitrogen and oxygen atoms in total. The molecule has 0 aromatic heterocycles. The molecule has 172 valence electrons. The van der Waals surface area contributed by atoms with E-state index in [2.05, 4.69) is 18.8 Å². The van der Waals surface area contributed by atoms with E-state index in [-0.39, 0.29) is 12.7 Å². The predicted molar refractivity (Wildman–Crippen MR) is 125 cm³/mol. The Labute approximate surface area is 182 Å². The molecule has 0 bridgehead atoms. The average Bonchev–Trinajstić information content (AvgIpc) is 2.73. The lowest BCUT2D eigenvalue weighted by Gasteiger charge is -2.12. The van der Waals surface area contributed by atoms with Gasteiger partial charge < -0.3 is 14.9 Å². The third kappa shape index (κ3) is 23.6. The summed E-state index contributed by atoms with van der Waals surface area (Å²) >= 11 is 0. The van der Waals surface area contributed by atoms with E-state index in [1.54, 1.807) is 0 Å². The van der Waals surface area contributed by atoms with Crippen molar-refractivity contribution in [2.24, 2.45) is 0 Å². The van der Waals surface area contributed by atoms with Gasteiger partial charge in [-0.25, -0.2) is 0 Å². The summed E-state index contributed by atoms with van der Waals surface area (Å²) in [7, 11) is 0. The highest BCUT2D eigenvalue weighted by atomic mass is 16.5. The van der Waals surface area contributed by atoms with E-state index in [1.807, 2.05) is 0 Å². The van der Waals surface area contributed by atoms with Crippen molar-refractivity contribution in [1.29, 1.82) is 0 Å². The van der Waals surface area contributed by atoms with Gasteiger partial charge in [0.25, 0.3) is 0 Å². The molecule has 0 rings (SSSR count). The summed E-state index contributed by atoms with van der Waals surface area (Å²) in [6, 6.07) is 0. The summed E-state index contributed by atoms with van der Waals surface area (Å²) < 4.78 is 6.00. The van der Waals surface area contributed by atoms with Gasteiger partial charge in [-0.1, -0.05) is 89.9 Å². The molecule has 0 aromatic carbocycles. The number of unbranched alkanes of at least 4 members (excludes halogenated alkanes) is 15. The van der Waals surface area contributed by atoms with Crippen LogP contribution in [0.1, 0.15) is 129 Å². The first-order chi connectivity index (χ1) is 14.3. The molecule has 0 amide bonds. The van der Waals surface area contributed by atoms with Crippen LogP contribution in [0, 0.1) is 11.8 Å². The van der Waals surface area contributed by atoms with Crippen LogP contribution in [-0.2, 0) is 4.74 Å². The van der Waals surface area contributed by atoms with E-state index < -0.39 is 0 Å². The molecule has 0 saturated heterocycles. The van der Waals surface area contributed by atoms with Gasteiger partial charge in [0, 0.05) is 26.2 Å². The number of hydrogen-bond donors (Lipinski definition) is 2. The van der Waals surface area contributed by atoms with Gasteiger partial charge in [0.1, 0.15) is 6.10 Å². The lowest BCUT2D eigenvalue weighted by atomic mass is 10.1. The van der Waals surface area contributed by atoms with Crippen molar-refractivity contribution < 1.29 is 14.9 Å². The first-order valence-corrected chi connectivity index (χ1v) is 12.7. The zero-order valence-corrected chi connectivity index (χ0v) is 19.4. The van der Waals surface area contributed by atoms with E-state index in [1.165, 1.54) is 64.2 Å². The number of ether oxygens (including phenoxy) is 1. The summed E-state index contributed by atoms with van der Waals surface area (Å²) in [6.45, 7) is 3.61. The van der Waals surface area contributed by atoms with Crippen LogP contribution in [0.4, 0.5) is 0 Å². The van der Waals surface area contributed by atoms with Crippen molar-refractivity contribution in [1.82, 2.24) is 0 Å². The Morgan fingerprint density at radius 3 is 1.76 bits per heavy atom. The summed E-state index contributed by atoms with van der Waals surface area (Å²) in [5.41, 5.74) is 0. The fraction of sp³-hybridized carbons (Fsp3) is 0.923. The number of aliphatic hydroxyl groups excluding tert-OH is 2. The van der Waals surface area contributed by atoms with Gasteiger partial charge in [0.05, 0.1) is 0 Å². The largest absolute Gasteiger partial charge is 0.396 e. The van der Waals surface area contributed by atoms with E-state index in [9.17, 15) is 0 Å². The second kappa shape index (κ2) is 25.5. The van der Waals surface area contributed by atoms with Crippen LogP contribution in [0.3, 0.4) is 0 Å². The molecule has 0 fully saturated rings. The molecule has 2 N–H and O–H groups in total. The monoisotopic (exact) mass is 410 g/mol. The standard InChI is InChI=1S/C26H50O3/c1-2-3-4-5-6-7-8-9-10-11-12-16-21-26(22-17-15-19-24-28)29-25-20-14-13-18-23-27/h26-28H,2-15,17-20,22-25H2,1H3. The van der Waals surface area contributed by atoms with Crippen LogP contribution in [0.15, 0.2) is 0 Å². The molecule has 0 aliphatic heterocycles. The second-order valence-corrected chi connectivity index (χ2v) is 8.32. The molecule has 3 heteroatoms. The van der Waals surface area contributed by atoms with Crippen LogP contribution in [0.25, 0.3) is 0 Å². The fourth-order valence-electron chi connectivity index (χ4n) is 3.50. The van der Waals surface area contributed by atoms with Crippen molar-refractivity contribution in [2.45, 2.75) is 135 Å². The number of aliphatic hydroxyl groups is 2. The Hall–Kier alpha value is -0.560. The zero-order chi connectivity index (χ0) is 21.3. The first-order valence-electron chi connectivity index (χ1n) is 12.7. The van der Waals surface area contributed by atoms with E-state index >= 15 is 0 Å². The molecule has 0 saturated carbocycles. The molecule has 0 heterocycles. The number of rotatable bonds is 22.